The highest BCUT2D eigenvalue weighted by molar-refractivity contribution is 5.82. The summed E-state index contributed by atoms with van der Waals surface area (Å²) in [5, 5.41) is 3.17. The first-order valence-corrected chi connectivity index (χ1v) is 12.2. The van der Waals surface area contributed by atoms with E-state index in [4.69, 9.17) is 0 Å². The fraction of sp³-hybridized carbons (Fsp3) is 0.870. The molecule has 2 aliphatic carbocycles. The van der Waals surface area contributed by atoms with Crippen molar-refractivity contribution in [3.05, 3.63) is 0 Å². The van der Waals surface area contributed by atoms with Gasteiger partial charge >= 0.3 is 0 Å². The Bertz CT molecular complexity index is 622. The van der Waals surface area contributed by atoms with Crippen LogP contribution < -0.4 is 5.32 Å². The van der Waals surface area contributed by atoms with Crippen LogP contribution in [-0.4, -0.2) is 84.3 Å². The number of hydrogen-bond acceptors (Lipinski definition) is 4. The Balaban J connectivity index is 1.26. The van der Waals surface area contributed by atoms with Gasteiger partial charge in [-0.05, 0) is 44.4 Å². The minimum Gasteiger partial charge on any atom is -0.355 e. The summed E-state index contributed by atoms with van der Waals surface area (Å²) in [7, 11) is 0. The fourth-order valence-corrected chi connectivity index (χ4v) is 5.61. The average molecular weight is 419 g/mol. The number of piperazine rings is 1. The first-order valence-electron chi connectivity index (χ1n) is 12.2. The molecule has 4 aliphatic rings. The average Bonchev–Trinajstić information content (AvgIpc) is 3.37. The van der Waals surface area contributed by atoms with Crippen molar-refractivity contribution < 1.29 is 14.4 Å². The number of amides is 3. The van der Waals surface area contributed by atoms with Crippen LogP contribution in [0.25, 0.3) is 0 Å². The SMILES string of the molecule is O=C(NCCCN1CCCC1=O)C(C1CCCC1)N1CCN(C(=O)C2CCC2)CC1. The maximum atomic E-state index is 13.2. The molecule has 7 nitrogen and oxygen atoms in total. The molecule has 3 amide bonds. The van der Waals surface area contributed by atoms with Crippen molar-refractivity contribution >= 4 is 17.7 Å². The molecule has 1 unspecified atom stereocenters. The third-order valence-electron chi connectivity index (χ3n) is 7.66. The highest BCUT2D eigenvalue weighted by Gasteiger charge is 2.38. The monoisotopic (exact) mass is 418 g/mol. The van der Waals surface area contributed by atoms with Gasteiger partial charge in [0.15, 0.2) is 0 Å². The van der Waals surface area contributed by atoms with E-state index in [9.17, 15) is 14.4 Å². The molecular formula is C23H38N4O3. The van der Waals surface area contributed by atoms with Crippen molar-refractivity contribution in [3.8, 4) is 0 Å². The van der Waals surface area contributed by atoms with Crippen LogP contribution in [0, 0.1) is 11.8 Å². The number of hydrogen-bond donors (Lipinski definition) is 1. The quantitative estimate of drug-likeness (QED) is 0.608. The van der Waals surface area contributed by atoms with Crippen LogP contribution in [0.2, 0.25) is 0 Å². The zero-order valence-corrected chi connectivity index (χ0v) is 18.3. The first kappa shape index (κ1) is 21.6. The Labute approximate surface area is 180 Å². The van der Waals surface area contributed by atoms with Crippen molar-refractivity contribution in [1.29, 1.82) is 0 Å². The highest BCUT2D eigenvalue weighted by Crippen LogP contribution is 2.32. The van der Waals surface area contributed by atoms with Crippen LogP contribution >= 0.6 is 0 Å². The van der Waals surface area contributed by atoms with E-state index in [-0.39, 0.29) is 23.8 Å². The van der Waals surface area contributed by atoms with Gasteiger partial charge < -0.3 is 15.1 Å². The van der Waals surface area contributed by atoms with Crippen LogP contribution in [0.3, 0.4) is 0 Å². The molecule has 0 spiro atoms. The highest BCUT2D eigenvalue weighted by atomic mass is 16.2. The number of likely N-dealkylation sites (tertiary alicyclic amines) is 1. The van der Waals surface area contributed by atoms with Crippen molar-refractivity contribution in [2.24, 2.45) is 11.8 Å². The second kappa shape index (κ2) is 10.1. The molecule has 2 heterocycles. The van der Waals surface area contributed by atoms with Crippen LogP contribution in [0.5, 0.6) is 0 Å². The van der Waals surface area contributed by atoms with Gasteiger partial charge in [-0.3, -0.25) is 19.3 Å². The minimum absolute atomic E-state index is 0.0677. The van der Waals surface area contributed by atoms with E-state index >= 15 is 0 Å². The minimum atomic E-state index is -0.0677. The predicted molar refractivity (Wildman–Crippen MR) is 115 cm³/mol. The first-order chi connectivity index (χ1) is 14.6. The molecule has 7 heteroatoms. The molecule has 168 valence electrons. The lowest BCUT2D eigenvalue weighted by molar-refractivity contribution is -0.141. The Morgan fingerprint density at radius 3 is 2.27 bits per heavy atom. The van der Waals surface area contributed by atoms with E-state index in [1.807, 2.05) is 9.80 Å². The molecule has 2 aliphatic heterocycles. The molecule has 1 N–H and O–H groups in total. The number of nitrogens with zero attached hydrogens (tertiary/aromatic N) is 3. The molecule has 0 bridgehead atoms. The zero-order chi connectivity index (χ0) is 20.9. The van der Waals surface area contributed by atoms with Crippen molar-refractivity contribution in [2.45, 2.75) is 70.3 Å². The number of nitrogens with one attached hydrogen (secondary N) is 1. The summed E-state index contributed by atoms with van der Waals surface area (Å²) in [4.78, 5) is 43.7. The van der Waals surface area contributed by atoms with Crippen molar-refractivity contribution in [3.63, 3.8) is 0 Å². The van der Waals surface area contributed by atoms with Gasteiger partial charge in [0, 0.05) is 58.2 Å². The van der Waals surface area contributed by atoms with Gasteiger partial charge in [0.2, 0.25) is 17.7 Å². The summed E-state index contributed by atoms with van der Waals surface area (Å²) in [6.07, 6.45) is 10.4. The summed E-state index contributed by atoms with van der Waals surface area (Å²) in [6.45, 7) is 5.35. The lowest BCUT2D eigenvalue weighted by Gasteiger charge is -2.42. The predicted octanol–water partition coefficient (Wildman–Crippen LogP) is 1.62. The largest absolute Gasteiger partial charge is 0.355 e. The summed E-state index contributed by atoms with van der Waals surface area (Å²) in [5.74, 6) is 1.42. The van der Waals surface area contributed by atoms with E-state index in [0.717, 1.165) is 77.8 Å². The molecule has 0 radical (unpaired) electrons. The smallest absolute Gasteiger partial charge is 0.237 e. The molecule has 0 aromatic rings. The molecule has 2 saturated carbocycles. The number of carbonyl (C=O) groups excluding carboxylic acids is 3. The Hall–Kier alpha value is -1.63. The third kappa shape index (κ3) is 4.98. The molecule has 2 saturated heterocycles. The second-order valence-electron chi connectivity index (χ2n) is 9.61. The van der Waals surface area contributed by atoms with E-state index in [1.165, 1.54) is 19.3 Å². The standard InChI is InChI=1S/C23H38N4O3/c28-20-10-4-12-25(20)13-5-11-24-22(29)21(18-6-1-2-7-18)26-14-16-27(17-15-26)23(30)19-8-3-9-19/h18-19,21H,1-17H2,(H,24,29). The zero-order valence-electron chi connectivity index (χ0n) is 18.3. The number of carbonyl (C=O) groups is 3. The molecule has 1 atom stereocenters. The van der Waals surface area contributed by atoms with Gasteiger partial charge in [-0.1, -0.05) is 19.3 Å². The van der Waals surface area contributed by atoms with E-state index in [2.05, 4.69) is 10.2 Å². The third-order valence-corrected chi connectivity index (χ3v) is 7.66. The Kier molecular flexibility index (Phi) is 7.28. The maximum Gasteiger partial charge on any atom is 0.237 e. The van der Waals surface area contributed by atoms with Gasteiger partial charge in [-0.25, -0.2) is 0 Å². The van der Waals surface area contributed by atoms with Gasteiger partial charge in [-0.15, -0.1) is 0 Å². The van der Waals surface area contributed by atoms with Crippen LogP contribution in [0.15, 0.2) is 0 Å². The second-order valence-corrected chi connectivity index (χ2v) is 9.61. The van der Waals surface area contributed by atoms with Gasteiger partial charge in [0.1, 0.15) is 0 Å². The normalized spacial score (nSPS) is 24.9. The molecule has 0 aromatic heterocycles. The summed E-state index contributed by atoms with van der Waals surface area (Å²) in [6, 6.07) is -0.0677. The molecule has 0 aromatic carbocycles. The van der Waals surface area contributed by atoms with E-state index < -0.39 is 0 Å². The maximum absolute atomic E-state index is 13.2. The summed E-state index contributed by atoms with van der Waals surface area (Å²) in [5.41, 5.74) is 0. The molecule has 30 heavy (non-hydrogen) atoms. The lowest BCUT2D eigenvalue weighted by Crippen LogP contribution is -2.58. The van der Waals surface area contributed by atoms with Crippen molar-refractivity contribution in [2.75, 3.05) is 45.8 Å². The Morgan fingerprint density at radius 2 is 1.67 bits per heavy atom. The molecular weight excluding hydrogens is 380 g/mol. The fourth-order valence-electron chi connectivity index (χ4n) is 5.61. The lowest BCUT2D eigenvalue weighted by atomic mass is 9.84. The van der Waals surface area contributed by atoms with Gasteiger partial charge in [0.25, 0.3) is 0 Å². The van der Waals surface area contributed by atoms with Crippen LogP contribution in [0.1, 0.15) is 64.2 Å². The molecule has 4 rings (SSSR count). The van der Waals surface area contributed by atoms with Crippen LogP contribution in [0.4, 0.5) is 0 Å². The molecule has 4 fully saturated rings. The Morgan fingerprint density at radius 1 is 0.933 bits per heavy atom. The van der Waals surface area contributed by atoms with Crippen LogP contribution in [-0.2, 0) is 14.4 Å². The van der Waals surface area contributed by atoms with E-state index in [0.29, 0.717) is 24.8 Å². The number of rotatable bonds is 8. The van der Waals surface area contributed by atoms with Gasteiger partial charge in [0.05, 0.1) is 6.04 Å². The topological polar surface area (TPSA) is 73.0 Å². The summed E-state index contributed by atoms with van der Waals surface area (Å²) < 4.78 is 0. The van der Waals surface area contributed by atoms with Gasteiger partial charge in [-0.2, -0.15) is 0 Å². The van der Waals surface area contributed by atoms with E-state index in [1.54, 1.807) is 0 Å². The van der Waals surface area contributed by atoms with Crippen molar-refractivity contribution in [1.82, 2.24) is 20.0 Å². The summed E-state index contributed by atoms with van der Waals surface area (Å²) >= 11 is 0.